The van der Waals surface area contributed by atoms with Gasteiger partial charge in [-0.05, 0) is 58.0 Å². The lowest BCUT2D eigenvalue weighted by Crippen LogP contribution is -2.45. The quantitative estimate of drug-likeness (QED) is 0.824. The van der Waals surface area contributed by atoms with E-state index in [2.05, 4.69) is 37.6 Å². The molecule has 1 aliphatic rings. The molecule has 1 aromatic heterocycles. The Kier molecular flexibility index (Phi) is 5.19. The van der Waals surface area contributed by atoms with Crippen LogP contribution in [0, 0.1) is 5.92 Å². The van der Waals surface area contributed by atoms with Crippen LogP contribution in [-0.4, -0.2) is 40.9 Å². The van der Waals surface area contributed by atoms with E-state index < -0.39 is 0 Å². The van der Waals surface area contributed by atoms with Crippen molar-refractivity contribution in [1.82, 2.24) is 9.88 Å². The van der Waals surface area contributed by atoms with Crippen LogP contribution in [0.5, 0.6) is 5.75 Å². The van der Waals surface area contributed by atoms with Gasteiger partial charge in [-0.25, -0.2) is 0 Å². The minimum Gasteiger partial charge on any atom is -0.492 e. The van der Waals surface area contributed by atoms with Crippen LogP contribution in [0.25, 0.3) is 11.3 Å². The van der Waals surface area contributed by atoms with Gasteiger partial charge in [-0.3, -0.25) is 14.7 Å². The lowest BCUT2D eigenvalue weighted by molar-refractivity contribution is 0.0698. The molecule has 1 aromatic carbocycles. The van der Waals surface area contributed by atoms with Crippen molar-refractivity contribution in [1.29, 1.82) is 0 Å². The van der Waals surface area contributed by atoms with Gasteiger partial charge in [-0.2, -0.15) is 0 Å². The Morgan fingerprint density at radius 2 is 1.92 bits per heavy atom. The average Bonchev–Trinajstić information content (AvgIpc) is 2.61. The molecule has 0 saturated carbocycles. The molecule has 25 heavy (non-hydrogen) atoms. The second kappa shape index (κ2) is 7.36. The van der Waals surface area contributed by atoms with E-state index in [1.165, 1.54) is 0 Å². The Morgan fingerprint density at radius 1 is 1.16 bits per heavy atom. The third-order valence-electron chi connectivity index (χ3n) is 4.77. The van der Waals surface area contributed by atoms with Gasteiger partial charge in [0.1, 0.15) is 5.75 Å². The first kappa shape index (κ1) is 17.6. The number of hydrogen-bond acceptors (Lipinski definition) is 4. The van der Waals surface area contributed by atoms with E-state index in [4.69, 9.17) is 4.74 Å². The molecule has 4 nitrogen and oxygen atoms in total. The molecule has 2 aromatic rings. The van der Waals surface area contributed by atoms with Crippen LogP contribution < -0.4 is 4.74 Å². The number of carbonyl (C=O) groups is 1. The van der Waals surface area contributed by atoms with Crippen LogP contribution in [-0.2, 0) is 0 Å². The highest BCUT2D eigenvalue weighted by Crippen LogP contribution is 2.32. The predicted molar refractivity (Wildman–Crippen MR) is 100.0 cm³/mol. The summed E-state index contributed by atoms with van der Waals surface area (Å²) in [5.74, 6) is 0.725. The molecule has 0 radical (unpaired) electrons. The summed E-state index contributed by atoms with van der Waals surface area (Å²) in [6.45, 7) is 9.84. The number of pyridine rings is 1. The lowest BCUT2D eigenvalue weighted by atomic mass is 9.92. The largest absolute Gasteiger partial charge is 0.492 e. The van der Waals surface area contributed by atoms with Crippen molar-refractivity contribution in [3.05, 3.63) is 48.2 Å². The fourth-order valence-corrected chi connectivity index (χ4v) is 3.44. The number of carbonyl (C=O) groups excluding carboxylic acids is 1. The molecule has 0 aliphatic carbocycles. The smallest absolute Gasteiger partial charge is 0.174 e. The summed E-state index contributed by atoms with van der Waals surface area (Å²) in [6.07, 6.45) is 1.76. The summed E-state index contributed by atoms with van der Waals surface area (Å²) in [7, 11) is 0. The minimum atomic E-state index is -0.128. The maximum Gasteiger partial charge on any atom is 0.174 e. The molecule has 4 heteroatoms. The number of nitrogens with zero attached hydrogens (tertiary/aromatic N) is 2. The summed E-state index contributed by atoms with van der Waals surface area (Å²) in [5, 5.41) is 0. The van der Waals surface area contributed by atoms with Gasteiger partial charge in [0.25, 0.3) is 0 Å². The minimum absolute atomic E-state index is 0.128. The molecule has 0 N–H and O–H groups in total. The van der Waals surface area contributed by atoms with Crippen molar-refractivity contribution in [2.75, 3.05) is 13.2 Å². The van der Waals surface area contributed by atoms with Gasteiger partial charge in [-0.15, -0.1) is 0 Å². The Hall–Kier alpha value is -2.20. The molecule has 132 valence electrons. The number of ether oxygens (including phenoxy) is 1. The average molecular weight is 338 g/mol. The van der Waals surface area contributed by atoms with Gasteiger partial charge in [0.15, 0.2) is 5.78 Å². The maximum absolute atomic E-state index is 13.1. The Bertz CT molecular complexity index is 733. The van der Waals surface area contributed by atoms with Gasteiger partial charge >= 0.3 is 0 Å². The number of ketones is 1. The molecule has 1 unspecified atom stereocenters. The zero-order chi connectivity index (χ0) is 18.0. The monoisotopic (exact) mass is 338 g/mol. The van der Waals surface area contributed by atoms with E-state index in [1.807, 2.05) is 36.4 Å². The van der Waals surface area contributed by atoms with Crippen molar-refractivity contribution >= 4 is 5.78 Å². The molecule has 0 saturated heterocycles. The number of aromatic nitrogens is 1. The van der Waals surface area contributed by atoms with E-state index in [-0.39, 0.29) is 11.7 Å². The Morgan fingerprint density at radius 3 is 2.56 bits per heavy atom. The molecule has 0 amide bonds. The molecule has 3 rings (SSSR count). The van der Waals surface area contributed by atoms with E-state index in [0.717, 1.165) is 17.8 Å². The molecular formula is C21H26N2O2. The number of benzene rings is 1. The fourth-order valence-electron chi connectivity index (χ4n) is 3.44. The van der Waals surface area contributed by atoms with Crippen LogP contribution in [0.15, 0.2) is 42.6 Å². The van der Waals surface area contributed by atoms with Crippen molar-refractivity contribution in [3.63, 3.8) is 0 Å². The number of Topliss-reactive ketones (excluding diaryl/α,β-unsaturated/α-hetero) is 1. The summed E-state index contributed by atoms with van der Waals surface area (Å²) in [6, 6.07) is 12.3. The fraction of sp³-hybridized carbons (Fsp3) is 0.429. The van der Waals surface area contributed by atoms with Crippen LogP contribution in [0.3, 0.4) is 0 Å². The van der Waals surface area contributed by atoms with Gasteiger partial charge in [0.05, 0.1) is 23.8 Å². The molecule has 1 atom stereocenters. The first-order chi connectivity index (χ1) is 12.0. The zero-order valence-corrected chi connectivity index (χ0v) is 15.4. The summed E-state index contributed by atoms with van der Waals surface area (Å²) < 4.78 is 5.89. The third-order valence-corrected chi connectivity index (χ3v) is 4.77. The lowest BCUT2D eigenvalue weighted by Gasteiger charge is -2.35. The SMILES string of the molecule is CC(C)N(CC1COc2ccc(-c3ccccn3)cc2C1=O)C(C)C. The van der Waals surface area contributed by atoms with E-state index in [1.54, 1.807) is 6.20 Å². The number of rotatable bonds is 5. The molecule has 2 heterocycles. The van der Waals surface area contributed by atoms with E-state index in [9.17, 15) is 4.79 Å². The second-order valence-electron chi connectivity index (χ2n) is 7.18. The Labute approximate surface area is 149 Å². The first-order valence-corrected chi connectivity index (χ1v) is 8.95. The second-order valence-corrected chi connectivity index (χ2v) is 7.18. The molecular weight excluding hydrogens is 312 g/mol. The van der Waals surface area contributed by atoms with Crippen LogP contribution in [0.1, 0.15) is 38.1 Å². The van der Waals surface area contributed by atoms with Gasteiger partial charge in [-0.1, -0.05) is 6.07 Å². The molecule has 0 spiro atoms. The van der Waals surface area contributed by atoms with Crippen LogP contribution in [0.4, 0.5) is 0 Å². The van der Waals surface area contributed by atoms with Crippen LogP contribution in [0.2, 0.25) is 0 Å². The van der Waals surface area contributed by atoms with Gasteiger partial charge < -0.3 is 4.74 Å². The van der Waals surface area contributed by atoms with Crippen molar-refractivity contribution < 1.29 is 9.53 Å². The Balaban J connectivity index is 1.86. The summed E-state index contributed by atoms with van der Waals surface area (Å²) in [4.78, 5) is 19.8. The van der Waals surface area contributed by atoms with Crippen molar-refractivity contribution in [2.24, 2.45) is 5.92 Å². The molecule has 0 fully saturated rings. The highest BCUT2D eigenvalue weighted by Gasteiger charge is 2.32. The first-order valence-electron chi connectivity index (χ1n) is 8.95. The normalized spacial score (nSPS) is 17.1. The van der Waals surface area contributed by atoms with Crippen molar-refractivity contribution in [2.45, 2.75) is 39.8 Å². The van der Waals surface area contributed by atoms with Crippen LogP contribution >= 0.6 is 0 Å². The number of fused-ring (bicyclic) bond motifs is 1. The topological polar surface area (TPSA) is 42.4 Å². The third kappa shape index (κ3) is 3.74. The highest BCUT2D eigenvalue weighted by atomic mass is 16.5. The maximum atomic E-state index is 13.1. The summed E-state index contributed by atoms with van der Waals surface area (Å²) in [5.41, 5.74) is 2.49. The van der Waals surface area contributed by atoms with Gasteiger partial charge in [0, 0.05) is 30.4 Å². The molecule has 1 aliphatic heterocycles. The van der Waals surface area contributed by atoms with E-state index in [0.29, 0.717) is 30.0 Å². The highest BCUT2D eigenvalue weighted by molar-refractivity contribution is 6.02. The van der Waals surface area contributed by atoms with Crippen molar-refractivity contribution in [3.8, 4) is 17.0 Å². The standard InChI is InChI=1S/C21H26N2O2/c1-14(2)23(15(3)4)12-17-13-25-20-9-8-16(11-18(20)21(17)24)19-7-5-6-10-22-19/h5-11,14-15,17H,12-13H2,1-4H3. The summed E-state index contributed by atoms with van der Waals surface area (Å²) >= 11 is 0. The number of hydrogen-bond donors (Lipinski definition) is 0. The zero-order valence-electron chi connectivity index (χ0n) is 15.4. The predicted octanol–water partition coefficient (Wildman–Crippen LogP) is 4.06. The van der Waals surface area contributed by atoms with Gasteiger partial charge in [0.2, 0.25) is 0 Å². The molecule has 0 bridgehead atoms. The van der Waals surface area contributed by atoms with E-state index >= 15 is 0 Å².